The van der Waals surface area contributed by atoms with Crippen LogP contribution < -0.4 is 5.56 Å². The predicted molar refractivity (Wildman–Crippen MR) is 73.4 cm³/mol. The average Bonchev–Trinajstić information content (AvgIpc) is 2.46. The van der Waals surface area contributed by atoms with E-state index in [4.69, 9.17) is 5.26 Å². The van der Waals surface area contributed by atoms with E-state index in [1.54, 1.807) is 12.3 Å². The number of nitro groups is 1. The lowest BCUT2D eigenvalue weighted by atomic mass is 10.1. The van der Waals surface area contributed by atoms with Gasteiger partial charge in [0.25, 0.3) is 5.56 Å². The zero-order valence-electron chi connectivity index (χ0n) is 10.9. The lowest BCUT2D eigenvalue weighted by Crippen LogP contribution is -2.15. The molecule has 2 rings (SSSR count). The molecule has 0 amide bonds. The summed E-state index contributed by atoms with van der Waals surface area (Å²) in [6.45, 7) is 0. The molecule has 10 heteroatoms. The molecule has 0 saturated carbocycles. The minimum absolute atomic E-state index is 0.0883. The van der Waals surface area contributed by atoms with Crippen LogP contribution in [0.25, 0.3) is 11.3 Å². The largest absolute Gasteiger partial charge is 0.305 e. The molecule has 0 aliphatic carbocycles. The standard InChI is InChI=1S/C12H6F2N4O3S/c1-22-12-16-10(6(4-15)11(19)17-12)5-2-9(18(20)21)8(14)3-7(5)13/h2-3H,1H3,(H,16,17,19). The zero-order chi connectivity index (χ0) is 16.4. The first-order chi connectivity index (χ1) is 10.4. The molecule has 22 heavy (non-hydrogen) atoms. The number of H-pyrrole nitrogens is 1. The van der Waals surface area contributed by atoms with Crippen molar-refractivity contribution in [3.05, 3.63) is 49.8 Å². The van der Waals surface area contributed by atoms with Crippen LogP contribution >= 0.6 is 11.8 Å². The number of nitrogens with zero attached hydrogens (tertiary/aromatic N) is 3. The summed E-state index contributed by atoms with van der Waals surface area (Å²) < 4.78 is 27.3. The molecule has 1 aromatic heterocycles. The topological polar surface area (TPSA) is 113 Å². The Morgan fingerprint density at radius 3 is 2.64 bits per heavy atom. The molecule has 7 nitrogen and oxygen atoms in total. The predicted octanol–water partition coefficient (Wildman–Crippen LogP) is 2.22. The molecular weight excluding hydrogens is 318 g/mol. The molecule has 0 atom stereocenters. The Kier molecular flexibility index (Phi) is 4.18. The number of thioether (sulfide) groups is 1. The van der Waals surface area contributed by atoms with Gasteiger partial charge in [0.1, 0.15) is 17.4 Å². The molecular formula is C12H6F2N4O3S. The number of halogens is 2. The lowest BCUT2D eigenvalue weighted by Gasteiger charge is -2.06. The highest BCUT2D eigenvalue weighted by Crippen LogP contribution is 2.29. The first kappa shape index (κ1) is 15.6. The molecule has 0 aliphatic rings. The molecule has 1 heterocycles. The van der Waals surface area contributed by atoms with Crippen molar-refractivity contribution in [2.75, 3.05) is 6.26 Å². The normalized spacial score (nSPS) is 10.3. The Balaban J connectivity index is 2.85. The van der Waals surface area contributed by atoms with E-state index in [9.17, 15) is 23.7 Å². The number of aromatic amines is 1. The van der Waals surface area contributed by atoms with Gasteiger partial charge in [-0.25, -0.2) is 9.37 Å². The van der Waals surface area contributed by atoms with Gasteiger partial charge in [0, 0.05) is 17.7 Å². The Hall–Kier alpha value is -2.80. The number of hydrogen-bond donors (Lipinski definition) is 1. The number of benzene rings is 1. The molecule has 2 aromatic rings. The fourth-order valence-corrected chi connectivity index (χ4v) is 2.08. The Morgan fingerprint density at radius 1 is 1.41 bits per heavy atom. The molecule has 0 spiro atoms. The summed E-state index contributed by atoms with van der Waals surface area (Å²) in [6.07, 6.45) is 1.58. The number of nitro benzene ring substituents is 1. The number of hydrogen-bond acceptors (Lipinski definition) is 6. The van der Waals surface area contributed by atoms with Crippen LogP contribution in [-0.2, 0) is 0 Å². The summed E-state index contributed by atoms with van der Waals surface area (Å²) in [7, 11) is 0. The fourth-order valence-electron chi connectivity index (χ4n) is 1.71. The summed E-state index contributed by atoms with van der Waals surface area (Å²) in [5.41, 5.74) is -3.18. The smallest absolute Gasteiger partial charge is 0.300 e. The third-order valence-corrected chi connectivity index (χ3v) is 3.27. The summed E-state index contributed by atoms with van der Waals surface area (Å²) in [6, 6.07) is 2.48. The molecule has 0 fully saturated rings. The Bertz CT molecular complexity index is 876. The third kappa shape index (κ3) is 2.66. The van der Waals surface area contributed by atoms with Crippen LogP contribution in [-0.4, -0.2) is 21.1 Å². The number of nitriles is 1. The summed E-state index contributed by atoms with van der Waals surface area (Å²) in [5, 5.41) is 19.8. The van der Waals surface area contributed by atoms with Gasteiger partial charge in [-0.1, -0.05) is 11.8 Å². The highest BCUT2D eigenvalue weighted by Gasteiger charge is 2.23. The van der Waals surface area contributed by atoms with Gasteiger partial charge < -0.3 is 4.98 Å². The van der Waals surface area contributed by atoms with Crippen LogP contribution in [0.3, 0.4) is 0 Å². The molecule has 112 valence electrons. The lowest BCUT2D eigenvalue weighted by molar-refractivity contribution is -0.387. The van der Waals surface area contributed by atoms with Gasteiger partial charge in [0.05, 0.1) is 10.6 Å². The van der Waals surface area contributed by atoms with E-state index in [1.165, 1.54) is 0 Å². The molecule has 0 aliphatic heterocycles. The molecule has 0 bridgehead atoms. The average molecular weight is 324 g/mol. The maximum absolute atomic E-state index is 13.9. The van der Waals surface area contributed by atoms with E-state index in [1.807, 2.05) is 0 Å². The van der Waals surface area contributed by atoms with Gasteiger partial charge in [0.15, 0.2) is 5.16 Å². The molecule has 0 radical (unpaired) electrons. The number of rotatable bonds is 3. The van der Waals surface area contributed by atoms with E-state index >= 15 is 0 Å². The fraction of sp³-hybridized carbons (Fsp3) is 0.0833. The van der Waals surface area contributed by atoms with Gasteiger partial charge in [-0.15, -0.1) is 0 Å². The second kappa shape index (κ2) is 5.90. The van der Waals surface area contributed by atoms with E-state index in [0.717, 1.165) is 11.8 Å². The monoisotopic (exact) mass is 324 g/mol. The third-order valence-electron chi connectivity index (χ3n) is 2.69. The second-order valence-corrected chi connectivity index (χ2v) is 4.75. The Morgan fingerprint density at radius 2 is 2.09 bits per heavy atom. The van der Waals surface area contributed by atoms with Gasteiger partial charge in [0.2, 0.25) is 5.82 Å². The van der Waals surface area contributed by atoms with Crippen LogP contribution in [0.5, 0.6) is 0 Å². The molecule has 1 aromatic carbocycles. The van der Waals surface area contributed by atoms with Crippen LogP contribution in [0.4, 0.5) is 14.5 Å². The quantitative estimate of drug-likeness (QED) is 0.401. The molecule has 1 N–H and O–H groups in total. The second-order valence-electron chi connectivity index (χ2n) is 3.95. The van der Waals surface area contributed by atoms with E-state index in [-0.39, 0.29) is 10.9 Å². The van der Waals surface area contributed by atoms with Gasteiger partial charge in [-0.05, 0) is 6.26 Å². The van der Waals surface area contributed by atoms with Gasteiger partial charge >= 0.3 is 5.69 Å². The van der Waals surface area contributed by atoms with Crippen molar-refractivity contribution in [3.63, 3.8) is 0 Å². The zero-order valence-corrected chi connectivity index (χ0v) is 11.7. The molecule has 0 saturated heterocycles. The highest BCUT2D eigenvalue weighted by molar-refractivity contribution is 7.98. The van der Waals surface area contributed by atoms with E-state index in [0.29, 0.717) is 12.1 Å². The van der Waals surface area contributed by atoms with Crippen molar-refractivity contribution >= 4 is 17.4 Å². The van der Waals surface area contributed by atoms with Crippen molar-refractivity contribution in [2.24, 2.45) is 0 Å². The maximum atomic E-state index is 13.9. The van der Waals surface area contributed by atoms with E-state index in [2.05, 4.69) is 9.97 Å². The van der Waals surface area contributed by atoms with E-state index < -0.39 is 38.9 Å². The Labute approximate surface area is 125 Å². The van der Waals surface area contributed by atoms with Crippen LogP contribution in [0.2, 0.25) is 0 Å². The summed E-state index contributed by atoms with van der Waals surface area (Å²) in [5.74, 6) is -2.52. The maximum Gasteiger partial charge on any atom is 0.305 e. The SMILES string of the molecule is CSc1nc(-c2cc([N+](=O)[O-])c(F)cc2F)c(C#N)c(=O)[nH]1. The minimum Gasteiger partial charge on any atom is -0.300 e. The van der Waals surface area contributed by atoms with Gasteiger partial charge in [-0.3, -0.25) is 14.9 Å². The summed E-state index contributed by atoms with van der Waals surface area (Å²) in [4.78, 5) is 27.7. The van der Waals surface area contributed by atoms with Crippen molar-refractivity contribution in [2.45, 2.75) is 5.16 Å². The minimum atomic E-state index is -1.36. The first-order valence-corrected chi connectivity index (χ1v) is 6.83. The van der Waals surface area contributed by atoms with Gasteiger partial charge in [-0.2, -0.15) is 9.65 Å². The highest BCUT2D eigenvalue weighted by atomic mass is 32.2. The van der Waals surface area contributed by atoms with Crippen LogP contribution in [0, 0.1) is 33.1 Å². The van der Waals surface area contributed by atoms with Crippen LogP contribution in [0.15, 0.2) is 22.1 Å². The number of nitrogens with one attached hydrogen (secondary N) is 1. The number of aromatic nitrogens is 2. The van der Waals surface area contributed by atoms with Crippen molar-refractivity contribution in [1.29, 1.82) is 5.26 Å². The van der Waals surface area contributed by atoms with Crippen LogP contribution in [0.1, 0.15) is 5.56 Å². The summed E-state index contributed by atoms with van der Waals surface area (Å²) >= 11 is 1.02. The first-order valence-electron chi connectivity index (χ1n) is 5.61. The van der Waals surface area contributed by atoms with Crippen molar-refractivity contribution < 1.29 is 13.7 Å². The van der Waals surface area contributed by atoms with Crippen molar-refractivity contribution in [1.82, 2.24) is 9.97 Å². The molecule has 0 unspecified atom stereocenters. The van der Waals surface area contributed by atoms with Crippen molar-refractivity contribution in [3.8, 4) is 17.3 Å².